The largest absolute Gasteiger partial charge is 0.248 e. The summed E-state index contributed by atoms with van der Waals surface area (Å²) in [7, 11) is 0. The van der Waals surface area contributed by atoms with Crippen LogP contribution in [0.5, 0.6) is 0 Å². The highest BCUT2D eigenvalue weighted by Gasteiger charge is 2.15. The molecule has 2 nitrogen and oxygen atoms in total. The molecule has 2 aromatic heterocycles. The SMILES string of the molecule is C=C/C=C\C(=C1/C=CC=CC1)c1cccc(-c2cc(-c3cccc(-c4cc(-c5ccccc5)nc(-c5cccc(-c6cccc7ccccc67)c5)c4)c3)cc(-c3ccccc3)n2)c1. The lowest BCUT2D eigenvalue weighted by Gasteiger charge is -2.15. The van der Waals surface area contributed by atoms with E-state index in [1.807, 2.05) is 12.2 Å². The van der Waals surface area contributed by atoms with Crippen molar-refractivity contribution in [3.05, 3.63) is 260 Å². The van der Waals surface area contributed by atoms with Crippen LogP contribution in [-0.4, -0.2) is 9.97 Å². The maximum atomic E-state index is 5.31. The maximum absolute atomic E-state index is 5.31. The third-order valence-electron chi connectivity index (χ3n) is 11.7. The molecule has 10 rings (SSSR count). The molecule has 0 unspecified atom stereocenters. The first-order valence-electron chi connectivity index (χ1n) is 21.5. The molecule has 0 amide bonds. The first kappa shape index (κ1) is 39.0. The predicted molar refractivity (Wildman–Crippen MR) is 267 cm³/mol. The van der Waals surface area contributed by atoms with Gasteiger partial charge in [0, 0.05) is 22.3 Å². The number of hydrogen-bond donors (Lipinski definition) is 0. The van der Waals surface area contributed by atoms with Crippen LogP contribution in [-0.2, 0) is 0 Å². The van der Waals surface area contributed by atoms with Gasteiger partial charge in [-0.05, 0) is 110 Å². The third kappa shape index (κ3) is 8.44. The van der Waals surface area contributed by atoms with Crippen molar-refractivity contribution < 1.29 is 0 Å². The second-order valence-electron chi connectivity index (χ2n) is 15.8. The Hall–Kier alpha value is -8.20. The third-order valence-corrected chi connectivity index (χ3v) is 11.7. The van der Waals surface area contributed by atoms with Crippen LogP contribution in [0.3, 0.4) is 0 Å². The lowest BCUT2D eigenvalue weighted by molar-refractivity contribution is 1.27. The highest BCUT2D eigenvalue weighted by Crippen LogP contribution is 2.37. The molecule has 0 atom stereocenters. The number of fused-ring (bicyclic) bond motifs is 1. The number of hydrogen-bond acceptors (Lipinski definition) is 2. The molecule has 1 aliphatic carbocycles. The molecule has 2 heterocycles. The first-order chi connectivity index (χ1) is 31.2. The van der Waals surface area contributed by atoms with Crippen molar-refractivity contribution in [2.75, 3.05) is 0 Å². The summed E-state index contributed by atoms with van der Waals surface area (Å²) >= 11 is 0. The minimum atomic E-state index is 0.878. The summed E-state index contributed by atoms with van der Waals surface area (Å²) in [5, 5.41) is 2.46. The summed E-state index contributed by atoms with van der Waals surface area (Å²) in [5.74, 6) is 0. The van der Waals surface area contributed by atoms with Crippen LogP contribution in [0.25, 0.3) is 94.8 Å². The zero-order valence-electron chi connectivity index (χ0n) is 34.9. The number of rotatable bonds is 10. The minimum Gasteiger partial charge on any atom is -0.248 e. The molecule has 0 aliphatic heterocycles. The normalized spacial score (nSPS) is 13.1. The van der Waals surface area contributed by atoms with Crippen LogP contribution in [0.1, 0.15) is 12.0 Å². The molecule has 2 heteroatoms. The van der Waals surface area contributed by atoms with Crippen LogP contribution < -0.4 is 0 Å². The smallest absolute Gasteiger partial charge is 0.0715 e. The van der Waals surface area contributed by atoms with E-state index < -0.39 is 0 Å². The van der Waals surface area contributed by atoms with E-state index in [0.717, 1.165) is 84.8 Å². The van der Waals surface area contributed by atoms with Crippen molar-refractivity contribution in [2.45, 2.75) is 6.42 Å². The Balaban J connectivity index is 1.08. The average molecular weight is 805 g/mol. The predicted octanol–water partition coefficient (Wildman–Crippen LogP) is 16.3. The molecule has 0 radical (unpaired) electrons. The Labute approximate surface area is 370 Å². The van der Waals surface area contributed by atoms with Gasteiger partial charge in [-0.15, -0.1) is 0 Å². The molecular weight excluding hydrogens is 761 g/mol. The van der Waals surface area contributed by atoms with Crippen molar-refractivity contribution in [3.63, 3.8) is 0 Å². The van der Waals surface area contributed by atoms with Gasteiger partial charge in [-0.25, -0.2) is 9.97 Å². The summed E-state index contributed by atoms with van der Waals surface area (Å²) in [6, 6.07) is 71.3. The molecule has 0 spiro atoms. The summed E-state index contributed by atoms with van der Waals surface area (Å²) in [6.07, 6.45) is 15.5. The number of aromatic nitrogens is 2. The van der Waals surface area contributed by atoms with E-state index in [4.69, 9.17) is 9.97 Å². The van der Waals surface area contributed by atoms with Crippen molar-refractivity contribution >= 4 is 16.3 Å². The zero-order chi connectivity index (χ0) is 42.4. The second kappa shape index (κ2) is 17.8. The van der Waals surface area contributed by atoms with Gasteiger partial charge in [0.1, 0.15) is 0 Å². The highest BCUT2D eigenvalue weighted by molar-refractivity contribution is 5.97. The van der Waals surface area contributed by atoms with Crippen LogP contribution in [0.15, 0.2) is 255 Å². The minimum absolute atomic E-state index is 0.878. The lowest BCUT2D eigenvalue weighted by Crippen LogP contribution is -1.94. The van der Waals surface area contributed by atoms with E-state index in [2.05, 4.69) is 237 Å². The van der Waals surface area contributed by atoms with Crippen LogP contribution >= 0.6 is 0 Å². The monoisotopic (exact) mass is 804 g/mol. The quantitative estimate of drug-likeness (QED) is 0.129. The standard InChI is InChI=1S/C61H44N2/c1-2-3-33-55(43-19-7-4-8-20-43)49-29-16-31-51(37-49)60-41-53(39-58(62-60)45-22-9-5-10-23-45)47-27-15-28-48(36-47)54-40-59(46-24-11-6-12-25-46)63-61(42-54)52-32-17-30-50(38-52)57-35-18-26-44-21-13-14-34-56(44)57/h2-19,21-42H,1,20H2/b33-3-,55-43-. The van der Waals surface area contributed by atoms with Crippen LogP contribution in [0, 0.1) is 0 Å². The fourth-order valence-corrected chi connectivity index (χ4v) is 8.52. The molecule has 298 valence electrons. The summed E-state index contributed by atoms with van der Waals surface area (Å²) in [6.45, 7) is 3.94. The molecule has 0 N–H and O–H groups in total. The molecule has 0 bridgehead atoms. The van der Waals surface area contributed by atoms with Crippen molar-refractivity contribution in [1.82, 2.24) is 9.97 Å². The summed E-state index contributed by atoms with van der Waals surface area (Å²) < 4.78 is 0. The van der Waals surface area contributed by atoms with E-state index in [-0.39, 0.29) is 0 Å². The van der Waals surface area contributed by atoms with Gasteiger partial charge in [0.05, 0.1) is 22.8 Å². The Kier molecular flexibility index (Phi) is 11.0. The molecular formula is C61H44N2. The van der Waals surface area contributed by atoms with E-state index in [0.29, 0.717) is 0 Å². The van der Waals surface area contributed by atoms with E-state index in [9.17, 15) is 0 Å². The van der Waals surface area contributed by atoms with Crippen LogP contribution in [0.2, 0.25) is 0 Å². The fraction of sp³-hybridized carbons (Fsp3) is 0.0164. The summed E-state index contributed by atoms with van der Waals surface area (Å²) in [5.41, 5.74) is 18.3. The van der Waals surface area contributed by atoms with Gasteiger partial charge in [0.25, 0.3) is 0 Å². The molecule has 0 saturated heterocycles. The topological polar surface area (TPSA) is 25.8 Å². The average Bonchev–Trinajstić information content (AvgIpc) is 3.37. The fourth-order valence-electron chi connectivity index (χ4n) is 8.52. The van der Waals surface area contributed by atoms with Gasteiger partial charge in [0.15, 0.2) is 0 Å². The molecule has 0 saturated carbocycles. The van der Waals surface area contributed by atoms with Gasteiger partial charge in [-0.1, -0.05) is 207 Å². The Bertz CT molecular complexity index is 3250. The lowest BCUT2D eigenvalue weighted by atomic mass is 9.92. The second-order valence-corrected chi connectivity index (χ2v) is 15.8. The Morgan fingerprint density at radius 1 is 0.429 bits per heavy atom. The van der Waals surface area contributed by atoms with E-state index in [1.54, 1.807) is 0 Å². The van der Waals surface area contributed by atoms with Crippen molar-refractivity contribution in [3.8, 4) is 78.4 Å². The maximum Gasteiger partial charge on any atom is 0.0715 e. The molecule has 63 heavy (non-hydrogen) atoms. The van der Waals surface area contributed by atoms with Gasteiger partial charge in [-0.3, -0.25) is 0 Å². The number of benzene rings is 7. The molecule has 9 aromatic rings. The van der Waals surface area contributed by atoms with Gasteiger partial charge < -0.3 is 0 Å². The Morgan fingerprint density at radius 3 is 1.57 bits per heavy atom. The zero-order valence-corrected chi connectivity index (χ0v) is 34.9. The van der Waals surface area contributed by atoms with Crippen LogP contribution in [0.4, 0.5) is 0 Å². The van der Waals surface area contributed by atoms with Gasteiger partial charge in [-0.2, -0.15) is 0 Å². The van der Waals surface area contributed by atoms with Crippen molar-refractivity contribution in [1.29, 1.82) is 0 Å². The number of allylic oxidation sites excluding steroid dienone is 9. The van der Waals surface area contributed by atoms with E-state index in [1.165, 1.54) is 27.5 Å². The molecule has 7 aromatic carbocycles. The number of pyridine rings is 2. The van der Waals surface area contributed by atoms with Crippen molar-refractivity contribution in [2.24, 2.45) is 0 Å². The summed E-state index contributed by atoms with van der Waals surface area (Å²) in [4.78, 5) is 10.6. The van der Waals surface area contributed by atoms with Gasteiger partial charge in [0.2, 0.25) is 0 Å². The molecule has 1 aliphatic rings. The molecule has 0 fully saturated rings. The Morgan fingerprint density at radius 2 is 0.937 bits per heavy atom. The number of nitrogens with zero attached hydrogens (tertiary/aromatic N) is 2. The first-order valence-corrected chi connectivity index (χ1v) is 21.5. The van der Waals surface area contributed by atoms with E-state index >= 15 is 0 Å². The highest BCUT2D eigenvalue weighted by atomic mass is 14.7. The van der Waals surface area contributed by atoms with Gasteiger partial charge >= 0.3 is 0 Å².